The minimum absolute atomic E-state index is 0.0704. The molecule has 0 aliphatic rings. The van der Waals surface area contributed by atoms with Crippen molar-refractivity contribution in [2.75, 3.05) is 12.4 Å². The minimum atomic E-state index is -4.73. The number of azo groups is 1. The molecule has 11 heteroatoms. The third kappa shape index (κ3) is 4.87. The van der Waals surface area contributed by atoms with Gasteiger partial charge >= 0.3 is 0 Å². The monoisotopic (exact) mass is 525 g/mol. The highest BCUT2D eigenvalue weighted by Crippen LogP contribution is 2.41. The lowest BCUT2D eigenvalue weighted by molar-refractivity contribution is 0.102. The molecule has 0 bridgehead atoms. The molecule has 1 amide bonds. The number of fused-ring (bicyclic) bond motifs is 1. The van der Waals surface area contributed by atoms with Gasteiger partial charge in [-0.3, -0.25) is 9.35 Å². The average molecular weight is 526 g/mol. The third-order valence-corrected chi connectivity index (χ3v) is 6.74. The molecule has 0 aliphatic heterocycles. The predicted octanol–water partition coefficient (Wildman–Crippen LogP) is 6.43. The highest BCUT2D eigenvalue weighted by atomic mass is 35.5. The summed E-state index contributed by atoms with van der Waals surface area (Å²) in [4.78, 5) is 12.5. The third-order valence-electron chi connectivity index (χ3n) is 5.39. The molecule has 9 nitrogen and oxygen atoms in total. The molecule has 0 unspecified atom stereocenters. The Bertz CT molecular complexity index is 1640. The number of benzene rings is 4. The zero-order valence-corrected chi connectivity index (χ0v) is 20.6. The number of carbonyl (C=O) groups excluding carboxylic acids is 1. The number of rotatable bonds is 6. The fourth-order valence-electron chi connectivity index (χ4n) is 3.64. The molecule has 0 radical (unpaired) electrons. The number of hydrogen-bond acceptors (Lipinski definition) is 7. The molecule has 0 saturated heterocycles. The van der Waals surface area contributed by atoms with Gasteiger partial charge in [0, 0.05) is 5.39 Å². The van der Waals surface area contributed by atoms with E-state index in [9.17, 15) is 22.9 Å². The van der Waals surface area contributed by atoms with Crippen LogP contribution in [0.1, 0.15) is 15.9 Å². The van der Waals surface area contributed by atoms with Crippen molar-refractivity contribution < 1.29 is 27.6 Å². The van der Waals surface area contributed by atoms with Gasteiger partial charge in [-0.1, -0.05) is 54.1 Å². The lowest BCUT2D eigenvalue weighted by atomic mass is 10.0. The van der Waals surface area contributed by atoms with Crippen LogP contribution in [0, 0.1) is 6.92 Å². The van der Waals surface area contributed by atoms with E-state index in [2.05, 4.69) is 15.5 Å². The van der Waals surface area contributed by atoms with Crippen LogP contribution in [0.5, 0.6) is 11.5 Å². The van der Waals surface area contributed by atoms with Crippen LogP contribution in [0.3, 0.4) is 0 Å². The Morgan fingerprint density at radius 2 is 1.67 bits per heavy atom. The van der Waals surface area contributed by atoms with Crippen molar-refractivity contribution in [1.82, 2.24) is 0 Å². The van der Waals surface area contributed by atoms with Crippen LogP contribution in [0.15, 0.2) is 81.9 Å². The second-order valence-corrected chi connectivity index (χ2v) is 9.48. The summed E-state index contributed by atoms with van der Waals surface area (Å²) in [7, 11) is -3.26. The quantitative estimate of drug-likeness (QED) is 0.196. The molecule has 3 N–H and O–H groups in total. The lowest BCUT2D eigenvalue weighted by Crippen LogP contribution is -2.13. The van der Waals surface area contributed by atoms with Gasteiger partial charge in [0.05, 0.1) is 23.4 Å². The van der Waals surface area contributed by atoms with Crippen LogP contribution < -0.4 is 10.1 Å². The number of phenolic OH excluding ortho intramolecular Hbond substituents is 1. The van der Waals surface area contributed by atoms with Crippen molar-refractivity contribution in [1.29, 1.82) is 0 Å². The number of hydrogen-bond donors (Lipinski definition) is 3. The smallest absolute Gasteiger partial charge is 0.298 e. The number of amides is 1. The van der Waals surface area contributed by atoms with Gasteiger partial charge in [-0.15, -0.1) is 10.2 Å². The second kappa shape index (κ2) is 9.94. The van der Waals surface area contributed by atoms with E-state index < -0.39 is 26.7 Å². The van der Waals surface area contributed by atoms with Gasteiger partial charge < -0.3 is 15.2 Å². The molecule has 4 aromatic rings. The maximum Gasteiger partial charge on any atom is 0.298 e. The largest absolute Gasteiger partial charge is 0.505 e. The number of nitrogens with zero attached hydrogens (tertiary/aromatic N) is 2. The van der Waals surface area contributed by atoms with Crippen LogP contribution in [-0.2, 0) is 10.1 Å². The van der Waals surface area contributed by atoms with Crippen molar-refractivity contribution in [2.45, 2.75) is 11.8 Å². The molecule has 36 heavy (non-hydrogen) atoms. The molecule has 0 fully saturated rings. The van der Waals surface area contributed by atoms with Crippen molar-refractivity contribution in [2.24, 2.45) is 10.2 Å². The van der Waals surface area contributed by atoms with Gasteiger partial charge in [-0.05, 0) is 42.1 Å². The van der Waals surface area contributed by atoms with E-state index in [0.29, 0.717) is 27.8 Å². The molecule has 0 aliphatic carbocycles. The Morgan fingerprint density at radius 3 is 2.39 bits per heavy atom. The van der Waals surface area contributed by atoms with Crippen LogP contribution in [-0.4, -0.2) is 31.1 Å². The summed E-state index contributed by atoms with van der Waals surface area (Å²) in [5, 5.41) is 22.7. The number of aryl methyl sites for hydroxylation is 1. The fourth-order valence-corrected chi connectivity index (χ4v) is 4.85. The number of ether oxygens (including phenoxy) is 1. The highest BCUT2D eigenvalue weighted by molar-refractivity contribution is 7.86. The zero-order chi connectivity index (χ0) is 26.0. The summed E-state index contributed by atoms with van der Waals surface area (Å²) in [6.45, 7) is 1.56. The van der Waals surface area contributed by atoms with E-state index in [-0.39, 0.29) is 22.0 Å². The van der Waals surface area contributed by atoms with Crippen molar-refractivity contribution in [3.8, 4) is 11.5 Å². The first-order chi connectivity index (χ1) is 17.1. The van der Waals surface area contributed by atoms with E-state index in [0.717, 1.165) is 0 Å². The fraction of sp³-hybridized carbons (Fsp3) is 0.0800. The van der Waals surface area contributed by atoms with E-state index in [1.54, 1.807) is 55.5 Å². The SMILES string of the molecule is COc1ccccc1NC(=O)c1cc2ccccc2c(N=Nc2c(C)ccc(Cl)c2S(=O)(=O)O)c1O. The summed E-state index contributed by atoms with van der Waals surface area (Å²) in [6, 6.07) is 18.0. The first-order valence-electron chi connectivity index (χ1n) is 10.5. The van der Waals surface area contributed by atoms with Gasteiger partial charge in [0.1, 0.15) is 22.0 Å². The Morgan fingerprint density at radius 1 is 1.00 bits per heavy atom. The van der Waals surface area contributed by atoms with Crippen LogP contribution in [0.2, 0.25) is 5.02 Å². The van der Waals surface area contributed by atoms with Gasteiger partial charge in [-0.2, -0.15) is 8.42 Å². The molecule has 184 valence electrons. The highest BCUT2D eigenvalue weighted by Gasteiger charge is 2.23. The molecule has 0 spiro atoms. The van der Waals surface area contributed by atoms with Crippen LogP contribution in [0.4, 0.5) is 17.1 Å². The summed E-state index contributed by atoms with van der Waals surface area (Å²) in [5.74, 6) is -0.671. The van der Waals surface area contributed by atoms with Crippen LogP contribution in [0.25, 0.3) is 10.8 Å². The first-order valence-corrected chi connectivity index (χ1v) is 12.3. The zero-order valence-electron chi connectivity index (χ0n) is 19.1. The molecular formula is C25H20ClN3O6S. The molecule has 4 aromatic carbocycles. The Hall–Kier alpha value is -3.99. The lowest BCUT2D eigenvalue weighted by Gasteiger charge is -2.13. The average Bonchev–Trinajstić information content (AvgIpc) is 2.84. The maximum absolute atomic E-state index is 13.1. The van der Waals surface area contributed by atoms with Gasteiger partial charge in [0.25, 0.3) is 16.0 Å². The summed E-state index contributed by atoms with van der Waals surface area (Å²) < 4.78 is 38.8. The van der Waals surface area contributed by atoms with Crippen LogP contribution >= 0.6 is 11.6 Å². The molecule has 0 aromatic heterocycles. The number of nitrogens with one attached hydrogen (secondary N) is 1. The molecule has 4 rings (SSSR count). The van der Waals surface area contributed by atoms with Gasteiger partial charge in [0.15, 0.2) is 5.75 Å². The van der Waals surface area contributed by atoms with E-state index in [1.165, 1.54) is 25.3 Å². The topological polar surface area (TPSA) is 138 Å². The van der Waals surface area contributed by atoms with E-state index in [4.69, 9.17) is 16.3 Å². The number of aromatic hydroxyl groups is 1. The number of para-hydroxylation sites is 2. The minimum Gasteiger partial charge on any atom is -0.505 e. The van der Waals surface area contributed by atoms with Gasteiger partial charge in [-0.25, -0.2) is 0 Å². The van der Waals surface area contributed by atoms with Crippen molar-refractivity contribution in [3.63, 3.8) is 0 Å². The summed E-state index contributed by atoms with van der Waals surface area (Å²) in [6.07, 6.45) is 0. The van der Waals surface area contributed by atoms with E-state index >= 15 is 0 Å². The standard InChI is InChI=1S/C25H20ClN3O6S/c1-14-11-12-18(26)24(36(32,33)34)21(14)28-29-22-16-8-4-3-7-15(16)13-17(23(22)30)25(31)27-19-9-5-6-10-20(19)35-2/h3-13,30H,1-2H3,(H,27,31)(H,32,33,34). The maximum atomic E-state index is 13.1. The Balaban J connectivity index is 1.87. The van der Waals surface area contributed by atoms with Gasteiger partial charge in [0.2, 0.25) is 0 Å². The predicted molar refractivity (Wildman–Crippen MR) is 137 cm³/mol. The molecule has 0 atom stereocenters. The van der Waals surface area contributed by atoms with Crippen molar-refractivity contribution in [3.05, 3.63) is 82.9 Å². The Kier molecular flexibility index (Phi) is 6.93. The number of carbonyl (C=O) groups is 1. The first kappa shape index (κ1) is 25.1. The summed E-state index contributed by atoms with van der Waals surface area (Å²) >= 11 is 6.01. The Labute approximate surface area is 211 Å². The normalized spacial score (nSPS) is 11.7. The molecule has 0 saturated carbocycles. The van der Waals surface area contributed by atoms with Crippen molar-refractivity contribution >= 4 is 55.5 Å². The second-order valence-electron chi connectivity index (χ2n) is 7.71. The number of halogens is 1. The number of anilines is 1. The molecular weight excluding hydrogens is 506 g/mol. The van der Waals surface area contributed by atoms with E-state index in [1.807, 2.05) is 0 Å². The number of methoxy groups -OCH3 is 1. The summed E-state index contributed by atoms with van der Waals surface area (Å²) in [5.41, 5.74) is 0.403. The number of phenols is 1. The molecule has 0 heterocycles.